The molecule has 0 bridgehead atoms. The number of nitrogens with zero attached hydrogens (tertiary/aromatic N) is 3. The van der Waals surface area contributed by atoms with Crippen molar-refractivity contribution in [3.05, 3.63) is 60.3 Å². The number of ether oxygens (including phenoxy) is 4. The van der Waals surface area contributed by atoms with E-state index in [-0.39, 0.29) is 45.6 Å². The van der Waals surface area contributed by atoms with Crippen molar-refractivity contribution in [3.8, 4) is 28.7 Å². The minimum atomic E-state index is -4.97. The van der Waals surface area contributed by atoms with Crippen molar-refractivity contribution in [2.75, 3.05) is 12.4 Å². The summed E-state index contributed by atoms with van der Waals surface area (Å²) in [6, 6.07) is 7.39. The maximum Gasteiger partial charge on any atom is 0.573 e. The molecule has 0 unspecified atom stereocenters. The maximum absolute atomic E-state index is 15.0. The van der Waals surface area contributed by atoms with Crippen LogP contribution in [0.25, 0.3) is 10.9 Å². The fraction of sp³-hybridized carbons (Fsp3) is 0.296. The van der Waals surface area contributed by atoms with E-state index in [4.69, 9.17) is 14.2 Å². The first kappa shape index (κ1) is 28.5. The molecule has 40 heavy (non-hydrogen) atoms. The van der Waals surface area contributed by atoms with Crippen molar-refractivity contribution in [1.29, 1.82) is 0 Å². The highest BCUT2D eigenvalue weighted by molar-refractivity contribution is 6.04. The van der Waals surface area contributed by atoms with Crippen molar-refractivity contribution < 1.29 is 41.3 Å². The van der Waals surface area contributed by atoms with E-state index in [0.29, 0.717) is 12.3 Å². The number of anilines is 1. The fourth-order valence-corrected chi connectivity index (χ4v) is 3.80. The zero-order valence-corrected chi connectivity index (χ0v) is 22.0. The third-order valence-electron chi connectivity index (χ3n) is 5.38. The van der Waals surface area contributed by atoms with Crippen molar-refractivity contribution in [1.82, 2.24) is 14.8 Å². The Morgan fingerprint density at radius 3 is 2.48 bits per heavy atom. The molecule has 0 aliphatic carbocycles. The molecule has 2 aromatic carbocycles. The number of hydrogen-bond donors (Lipinski definition) is 1. The van der Waals surface area contributed by atoms with Crippen molar-refractivity contribution in [3.63, 3.8) is 0 Å². The van der Waals surface area contributed by atoms with Gasteiger partial charge in [-0.25, -0.2) is 4.39 Å². The SMILES string of the molecule is CCCn1cc(OC(C)C)c(C(=O)Nc2ccc(Oc3ccnc4cc(OC)c(OC(F)(F)F)cc34)c(F)c2)n1. The third-order valence-corrected chi connectivity index (χ3v) is 5.38. The molecule has 0 atom stereocenters. The van der Waals surface area contributed by atoms with Gasteiger partial charge >= 0.3 is 6.36 Å². The molecule has 13 heteroatoms. The molecule has 0 aliphatic heterocycles. The van der Waals surface area contributed by atoms with Gasteiger partial charge < -0.3 is 24.3 Å². The molecule has 1 N–H and O–H groups in total. The van der Waals surface area contributed by atoms with E-state index < -0.39 is 23.8 Å². The summed E-state index contributed by atoms with van der Waals surface area (Å²) in [6.45, 7) is 6.19. The van der Waals surface area contributed by atoms with Gasteiger partial charge in [-0.2, -0.15) is 5.10 Å². The molecule has 1 amide bonds. The lowest BCUT2D eigenvalue weighted by Crippen LogP contribution is -2.17. The van der Waals surface area contributed by atoms with Gasteiger partial charge in [-0.1, -0.05) is 6.92 Å². The highest BCUT2D eigenvalue weighted by Crippen LogP contribution is 2.39. The second-order valence-electron chi connectivity index (χ2n) is 8.85. The second-order valence-corrected chi connectivity index (χ2v) is 8.85. The number of carbonyl (C=O) groups is 1. The lowest BCUT2D eigenvalue weighted by Gasteiger charge is -2.15. The predicted octanol–water partition coefficient (Wildman–Crippen LogP) is 6.72. The van der Waals surface area contributed by atoms with Gasteiger partial charge in [0.2, 0.25) is 0 Å². The fourth-order valence-electron chi connectivity index (χ4n) is 3.80. The number of aromatic nitrogens is 3. The van der Waals surface area contributed by atoms with Crippen LogP contribution in [0.3, 0.4) is 0 Å². The van der Waals surface area contributed by atoms with Crippen molar-refractivity contribution in [2.45, 2.75) is 46.2 Å². The van der Waals surface area contributed by atoms with E-state index in [1.807, 2.05) is 20.8 Å². The van der Waals surface area contributed by atoms with Gasteiger partial charge in [0.15, 0.2) is 34.5 Å². The van der Waals surface area contributed by atoms with Crippen molar-refractivity contribution in [2.24, 2.45) is 0 Å². The van der Waals surface area contributed by atoms with Crippen LogP contribution in [0.1, 0.15) is 37.7 Å². The number of aryl methyl sites for hydroxylation is 1. The van der Waals surface area contributed by atoms with E-state index in [9.17, 15) is 18.0 Å². The molecule has 212 valence electrons. The quantitative estimate of drug-likeness (QED) is 0.214. The number of rotatable bonds is 10. The van der Waals surface area contributed by atoms with Crippen LogP contribution in [0.2, 0.25) is 0 Å². The van der Waals surface area contributed by atoms with Crippen molar-refractivity contribution >= 4 is 22.5 Å². The van der Waals surface area contributed by atoms with Crippen LogP contribution in [0, 0.1) is 5.82 Å². The average molecular weight is 563 g/mol. The minimum Gasteiger partial charge on any atom is -0.493 e. The summed E-state index contributed by atoms with van der Waals surface area (Å²) in [6.07, 6.45) is -1.38. The molecule has 0 fully saturated rings. The number of amides is 1. The monoisotopic (exact) mass is 562 g/mol. The van der Waals surface area contributed by atoms with Gasteiger partial charge in [0.1, 0.15) is 5.75 Å². The van der Waals surface area contributed by atoms with Gasteiger partial charge in [0.05, 0.1) is 24.9 Å². The number of pyridine rings is 1. The predicted molar refractivity (Wildman–Crippen MR) is 138 cm³/mol. The Labute approximate surface area is 226 Å². The number of carbonyl (C=O) groups excluding carboxylic acids is 1. The molecule has 0 aliphatic rings. The highest BCUT2D eigenvalue weighted by atomic mass is 19.4. The highest BCUT2D eigenvalue weighted by Gasteiger charge is 2.33. The van der Waals surface area contributed by atoms with E-state index in [1.165, 1.54) is 37.6 Å². The van der Waals surface area contributed by atoms with Crippen LogP contribution in [0.4, 0.5) is 23.2 Å². The van der Waals surface area contributed by atoms with E-state index in [0.717, 1.165) is 18.6 Å². The second kappa shape index (κ2) is 11.7. The standard InChI is InChI=1S/C27H26F4N4O5/c1-5-10-35-14-24(38-15(2)3)25(34-35)26(36)33-16-6-7-21(18(28)11-16)39-20-8-9-32-19-13-22(37-4)23(12-17(19)20)40-27(29,30)31/h6-9,11-15H,5,10H2,1-4H3,(H,33,36). The smallest absolute Gasteiger partial charge is 0.493 e. The van der Waals surface area contributed by atoms with Gasteiger partial charge in [-0.05, 0) is 44.5 Å². The molecule has 4 aromatic rings. The zero-order valence-electron chi connectivity index (χ0n) is 22.0. The summed E-state index contributed by atoms with van der Waals surface area (Å²) >= 11 is 0. The molecule has 4 rings (SSSR count). The van der Waals surface area contributed by atoms with Gasteiger partial charge in [0.25, 0.3) is 5.91 Å². The zero-order chi connectivity index (χ0) is 29.0. The lowest BCUT2D eigenvalue weighted by molar-refractivity contribution is -0.275. The number of methoxy groups -OCH3 is 1. The van der Waals surface area contributed by atoms with Gasteiger partial charge in [0, 0.05) is 35.9 Å². The van der Waals surface area contributed by atoms with Gasteiger partial charge in [-0.15, -0.1) is 13.2 Å². The molecule has 0 saturated carbocycles. The molecule has 9 nitrogen and oxygen atoms in total. The molecule has 2 heterocycles. The number of halogens is 4. The summed E-state index contributed by atoms with van der Waals surface area (Å²) in [5, 5.41) is 7.00. The average Bonchev–Trinajstić information content (AvgIpc) is 3.26. The Hall–Kier alpha value is -4.55. The molecular formula is C27H26F4N4O5. The Morgan fingerprint density at radius 1 is 1.05 bits per heavy atom. The summed E-state index contributed by atoms with van der Waals surface area (Å²) in [7, 11) is 1.19. The van der Waals surface area contributed by atoms with E-state index in [1.54, 1.807) is 10.9 Å². The molecule has 0 saturated heterocycles. The summed E-state index contributed by atoms with van der Waals surface area (Å²) in [5.41, 5.74) is 0.411. The number of benzene rings is 2. The Morgan fingerprint density at radius 2 is 1.82 bits per heavy atom. The first-order valence-corrected chi connectivity index (χ1v) is 12.2. The Kier molecular flexibility index (Phi) is 8.31. The first-order valence-electron chi connectivity index (χ1n) is 12.2. The topological polar surface area (TPSA) is 96.7 Å². The van der Waals surface area contributed by atoms with E-state index in [2.05, 4.69) is 20.1 Å². The van der Waals surface area contributed by atoms with Crippen LogP contribution in [0.5, 0.6) is 28.7 Å². The minimum absolute atomic E-state index is 0.0207. The normalized spacial score (nSPS) is 11.5. The Balaban J connectivity index is 1.58. The number of hydrogen-bond acceptors (Lipinski definition) is 7. The van der Waals surface area contributed by atoms with Gasteiger partial charge in [-0.3, -0.25) is 14.5 Å². The van der Waals surface area contributed by atoms with Crippen LogP contribution in [-0.2, 0) is 6.54 Å². The maximum atomic E-state index is 15.0. The molecule has 0 spiro atoms. The Bertz CT molecular complexity index is 1520. The summed E-state index contributed by atoms with van der Waals surface area (Å²) in [5.74, 6) is -2.15. The first-order chi connectivity index (χ1) is 19.0. The van der Waals surface area contributed by atoms with Crippen LogP contribution >= 0.6 is 0 Å². The molecular weight excluding hydrogens is 536 g/mol. The van der Waals surface area contributed by atoms with Crippen LogP contribution in [-0.4, -0.2) is 40.2 Å². The molecule has 2 aromatic heterocycles. The lowest BCUT2D eigenvalue weighted by atomic mass is 10.1. The van der Waals surface area contributed by atoms with Crippen LogP contribution in [0.15, 0.2) is 48.8 Å². The van der Waals surface area contributed by atoms with Crippen LogP contribution < -0.4 is 24.3 Å². The van der Waals surface area contributed by atoms with E-state index >= 15 is 4.39 Å². The third kappa shape index (κ3) is 6.71. The number of nitrogens with one attached hydrogen (secondary N) is 1. The number of fused-ring (bicyclic) bond motifs is 1. The molecule has 0 radical (unpaired) electrons. The number of alkyl halides is 3. The largest absolute Gasteiger partial charge is 0.573 e. The summed E-state index contributed by atoms with van der Waals surface area (Å²) in [4.78, 5) is 17.0. The summed E-state index contributed by atoms with van der Waals surface area (Å²) < 4.78 is 75.7.